The maximum Gasteiger partial charge on any atom is 0.416 e. The first-order chi connectivity index (χ1) is 13.4. The molecule has 0 unspecified atom stereocenters. The molecule has 0 aliphatic rings. The van der Waals surface area contributed by atoms with Gasteiger partial charge in [-0.2, -0.15) is 18.3 Å². The van der Waals surface area contributed by atoms with Gasteiger partial charge in [-0.1, -0.05) is 41.6 Å². The minimum Gasteiger partial charge on any atom is -0.363 e. The molecule has 0 atom stereocenters. The van der Waals surface area contributed by atoms with Gasteiger partial charge in [-0.15, -0.1) is 0 Å². The van der Waals surface area contributed by atoms with Gasteiger partial charge in [-0.25, -0.2) is 4.68 Å². The van der Waals surface area contributed by atoms with Crippen molar-refractivity contribution in [3.05, 3.63) is 88.9 Å². The third kappa shape index (κ3) is 3.32. The molecule has 28 heavy (non-hydrogen) atoms. The molecule has 4 rings (SSSR count). The van der Waals surface area contributed by atoms with E-state index in [0.29, 0.717) is 11.3 Å². The van der Waals surface area contributed by atoms with Crippen LogP contribution in [0.1, 0.15) is 5.56 Å². The maximum absolute atomic E-state index is 13.0. The fourth-order valence-electron chi connectivity index (χ4n) is 2.77. The zero-order valence-electron chi connectivity index (χ0n) is 14.2. The molecule has 0 N–H and O–H groups in total. The molecule has 0 bridgehead atoms. The zero-order valence-corrected chi connectivity index (χ0v) is 14.2. The molecule has 0 saturated carbocycles. The molecule has 4 aromatic rings. The van der Waals surface area contributed by atoms with E-state index in [0.717, 1.165) is 17.7 Å². The minimum absolute atomic E-state index is 0.0278. The summed E-state index contributed by atoms with van der Waals surface area (Å²) in [6.45, 7) is 0. The topological polar surface area (TPSA) is 60.9 Å². The fraction of sp³-hybridized carbons (Fsp3) is 0.0500. The molecule has 0 amide bonds. The summed E-state index contributed by atoms with van der Waals surface area (Å²) in [5.41, 5.74) is 0.505. The number of benzene rings is 2. The van der Waals surface area contributed by atoms with Crippen LogP contribution in [0.5, 0.6) is 0 Å². The van der Waals surface area contributed by atoms with E-state index in [9.17, 15) is 18.0 Å². The third-order valence-electron chi connectivity index (χ3n) is 4.12. The Kier molecular flexibility index (Phi) is 4.31. The monoisotopic (exact) mass is 383 g/mol. The molecular weight excluding hydrogens is 371 g/mol. The third-order valence-corrected chi connectivity index (χ3v) is 4.12. The smallest absolute Gasteiger partial charge is 0.363 e. The van der Waals surface area contributed by atoms with Gasteiger partial charge in [0, 0.05) is 17.8 Å². The van der Waals surface area contributed by atoms with E-state index in [1.54, 1.807) is 12.1 Å². The first-order valence-electron chi connectivity index (χ1n) is 8.21. The van der Waals surface area contributed by atoms with E-state index in [1.165, 1.54) is 35.3 Å². The first kappa shape index (κ1) is 17.7. The van der Waals surface area contributed by atoms with Gasteiger partial charge < -0.3 is 4.52 Å². The molecule has 0 radical (unpaired) electrons. The van der Waals surface area contributed by atoms with Crippen LogP contribution in [0.25, 0.3) is 28.2 Å². The van der Waals surface area contributed by atoms with Crippen molar-refractivity contribution in [3.63, 3.8) is 0 Å². The Balaban J connectivity index is 1.83. The van der Waals surface area contributed by atoms with Crippen LogP contribution in [0.4, 0.5) is 13.2 Å². The van der Waals surface area contributed by atoms with Crippen LogP contribution in [-0.2, 0) is 6.18 Å². The van der Waals surface area contributed by atoms with Crippen molar-refractivity contribution in [2.45, 2.75) is 6.18 Å². The highest BCUT2D eigenvalue weighted by Crippen LogP contribution is 2.31. The Labute approximate surface area is 156 Å². The molecule has 2 heterocycles. The van der Waals surface area contributed by atoms with Crippen LogP contribution in [0.3, 0.4) is 0 Å². The summed E-state index contributed by atoms with van der Waals surface area (Å²) in [5, 5.41) is 8.17. The number of nitrogens with zero attached hydrogens (tertiary/aromatic N) is 3. The summed E-state index contributed by atoms with van der Waals surface area (Å²) < 4.78 is 45.2. The molecular formula is C20H12F3N3O2. The Morgan fingerprint density at radius 3 is 2.46 bits per heavy atom. The molecule has 2 aromatic carbocycles. The van der Waals surface area contributed by atoms with Crippen molar-refractivity contribution in [1.82, 2.24) is 14.9 Å². The highest BCUT2D eigenvalue weighted by atomic mass is 19.4. The van der Waals surface area contributed by atoms with Crippen molar-refractivity contribution >= 4 is 0 Å². The second-order valence-corrected chi connectivity index (χ2v) is 5.96. The van der Waals surface area contributed by atoms with E-state index < -0.39 is 17.2 Å². The van der Waals surface area contributed by atoms with Crippen molar-refractivity contribution in [2.24, 2.45) is 0 Å². The molecule has 8 heteroatoms. The van der Waals surface area contributed by atoms with Gasteiger partial charge in [0.15, 0.2) is 0 Å². The van der Waals surface area contributed by atoms with Gasteiger partial charge >= 0.3 is 6.18 Å². The van der Waals surface area contributed by atoms with Gasteiger partial charge in [0.25, 0.3) is 0 Å². The number of hydrogen-bond acceptors (Lipinski definition) is 4. The average Bonchev–Trinajstić information content (AvgIpc) is 3.18. The second kappa shape index (κ2) is 6.80. The number of hydrogen-bond donors (Lipinski definition) is 0. The predicted molar refractivity (Wildman–Crippen MR) is 95.8 cm³/mol. The molecule has 0 aliphatic heterocycles. The SMILES string of the molecule is O=c1ccn(-c2cccc(C(F)(F)F)c2)nc1-c1conc1-c1ccccc1. The largest absolute Gasteiger partial charge is 0.416 e. The predicted octanol–water partition coefficient (Wildman–Crippen LogP) is 4.57. The summed E-state index contributed by atoms with van der Waals surface area (Å²) in [7, 11) is 0. The summed E-state index contributed by atoms with van der Waals surface area (Å²) in [6.07, 6.45) is -1.87. The Morgan fingerprint density at radius 1 is 0.929 bits per heavy atom. The molecule has 0 saturated heterocycles. The molecule has 140 valence electrons. The summed E-state index contributed by atoms with van der Waals surface area (Å²) in [5.74, 6) is 0. The lowest BCUT2D eigenvalue weighted by molar-refractivity contribution is -0.137. The quantitative estimate of drug-likeness (QED) is 0.520. The van der Waals surface area contributed by atoms with Crippen molar-refractivity contribution in [1.29, 1.82) is 0 Å². The fourth-order valence-corrected chi connectivity index (χ4v) is 2.77. The normalized spacial score (nSPS) is 11.5. The lowest BCUT2D eigenvalue weighted by Crippen LogP contribution is -2.13. The standard InChI is InChI=1S/C20H12F3N3O2/c21-20(22,23)14-7-4-8-15(11-14)26-10-9-17(27)19(24-26)16-12-28-25-18(16)13-5-2-1-3-6-13/h1-12H. The molecule has 0 aliphatic carbocycles. The second-order valence-electron chi connectivity index (χ2n) is 5.96. The highest BCUT2D eigenvalue weighted by Gasteiger charge is 2.30. The van der Waals surface area contributed by atoms with Gasteiger partial charge in [0.1, 0.15) is 17.7 Å². The van der Waals surface area contributed by atoms with E-state index >= 15 is 0 Å². The Morgan fingerprint density at radius 2 is 1.71 bits per heavy atom. The number of aromatic nitrogens is 3. The zero-order chi connectivity index (χ0) is 19.7. The summed E-state index contributed by atoms with van der Waals surface area (Å²) >= 11 is 0. The number of rotatable bonds is 3. The minimum atomic E-state index is -4.48. The van der Waals surface area contributed by atoms with E-state index in [1.807, 2.05) is 18.2 Å². The highest BCUT2D eigenvalue weighted by molar-refractivity contribution is 5.77. The molecule has 5 nitrogen and oxygen atoms in total. The molecule has 2 aromatic heterocycles. The lowest BCUT2D eigenvalue weighted by atomic mass is 10.1. The van der Waals surface area contributed by atoms with Crippen LogP contribution >= 0.6 is 0 Å². The first-order valence-corrected chi connectivity index (χ1v) is 8.21. The Hall–Kier alpha value is -3.68. The van der Waals surface area contributed by atoms with Crippen LogP contribution < -0.4 is 5.43 Å². The Bertz CT molecular complexity index is 1180. The molecule has 0 fully saturated rings. The summed E-state index contributed by atoms with van der Waals surface area (Å²) in [4.78, 5) is 12.4. The van der Waals surface area contributed by atoms with Crippen molar-refractivity contribution < 1.29 is 17.7 Å². The summed E-state index contributed by atoms with van der Waals surface area (Å²) in [6, 6.07) is 15.0. The van der Waals surface area contributed by atoms with Gasteiger partial charge in [-0.3, -0.25) is 4.79 Å². The van der Waals surface area contributed by atoms with E-state index in [-0.39, 0.29) is 11.4 Å². The average molecular weight is 383 g/mol. The molecule has 0 spiro atoms. The van der Waals surface area contributed by atoms with Gasteiger partial charge in [0.2, 0.25) is 5.43 Å². The van der Waals surface area contributed by atoms with Crippen LogP contribution in [0.15, 0.2) is 82.4 Å². The van der Waals surface area contributed by atoms with E-state index in [4.69, 9.17) is 4.52 Å². The maximum atomic E-state index is 13.0. The van der Waals surface area contributed by atoms with Gasteiger partial charge in [-0.05, 0) is 18.2 Å². The number of alkyl halides is 3. The van der Waals surface area contributed by atoms with Crippen molar-refractivity contribution in [3.8, 4) is 28.2 Å². The van der Waals surface area contributed by atoms with E-state index in [2.05, 4.69) is 10.3 Å². The van der Waals surface area contributed by atoms with Crippen LogP contribution in [0.2, 0.25) is 0 Å². The van der Waals surface area contributed by atoms with Crippen LogP contribution in [0, 0.1) is 0 Å². The van der Waals surface area contributed by atoms with Gasteiger partial charge in [0.05, 0.1) is 16.8 Å². The van der Waals surface area contributed by atoms with Crippen LogP contribution in [-0.4, -0.2) is 14.9 Å². The lowest BCUT2D eigenvalue weighted by Gasteiger charge is -2.11. The van der Waals surface area contributed by atoms with Crippen molar-refractivity contribution in [2.75, 3.05) is 0 Å². The number of halogens is 3.